The largest absolute Gasteiger partial charge is 0.489 e. The molecule has 0 atom stereocenters. The van der Waals surface area contributed by atoms with Crippen molar-refractivity contribution < 1.29 is 4.74 Å². The summed E-state index contributed by atoms with van der Waals surface area (Å²) >= 11 is 6.01. The fourth-order valence-corrected chi connectivity index (χ4v) is 4.28. The van der Waals surface area contributed by atoms with E-state index < -0.39 is 0 Å². The Bertz CT molecular complexity index is 1350. The summed E-state index contributed by atoms with van der Waals surface area (Å²) in [5.41, 5.74) is 4.82. The van der Waals surface area contributed by atoms with Gasteiger partial charge in [0.1, 0.15) is 12.4 Å². The molecule has 0 saturated heterocycles. The zero-order chi connectivity index (χ0) is 21.8. The van der Waals surface area contributed by atoms with Gasteiger partial charge in [0.15, 0.2) is 0 Å². The quantitative estimate of drug-likeness (QED) is 0.230. The number of para-hydroxylation sites is 1. The molecule has 0 aliphatic heterocycles. The third kappa shape index (κ3) is 5.33. The topological polar surface area (TPSA) is 37.0 Å². The minimum Gasteiger partial charge on any atom is -0.489 e. The first-order valence-corrected chi connectivity index (χ1v) is 11.3. The Morgan fingerprint density at radius 1 is 0.818 bits per heavy atom. The van der Waals surface area contributed by atoms with Crippen LogP contribution >= 0.6 is 24.0 Å². The van der Waals surface area contributed by atoms with Crippen LogP contribution in [0.2, 0.25) is 5.02 Å². The number of rotatable bonds is 8. The second-order valence-corrected chi connectivity index (χ2v) is 8.40. The van der Waals surface area contributed by atoms with Crippen molar-refractivity contribution in [2.75, 3.05) is 6.54 Å². The molecule has 3 nitrogen and oxygen atoms in total. The van der Waals surface area contributed by atoms with Crippen molar-refractivity contribution in [3.05, 3.63) is 113 Å². The Labute approximate surface area is 205 Å². The van der Waals surface area contributed by atoms with Crippen LogP contribution < -0.4 is 10.1 Å². The van der Waals surface area contributed by atoms with Gasteiger partial charge in [-0.2, -0.15) is 0 Å². The van der Waals surface area contributed by atoms with Crippen LogP contribution in [-0.2, 0) is 19.6 Å². The van der Waals surface area contributed by atoms with Gasteiger partial charge in [-0.15, -0.1) is 12.4 Å². The highest BCUT2D eigenvalue weighted by Gasteiger charge is 2.10. The zero-order valence-electron chi connectivity index (χ0n) is 18.2. The highest BCUT2D eigenvalue weighted by molar-refractivity contribution is 6.30. The van der Waals surface area contributed by atoms with Gasteiger partial charge in [-0.05, 0) is 59.1 Å². The van der Waals surface area contributed by atoms with Gasteiger partial charge in [-0.1, -0.05) is 72.3 Å². The van der Waals surface area contributed by atoms with Gasteiger partial charge in [-0.3, -0.25) is 0 Å². The molecule has 5 heteroatoms. The summed E-state index contributed by atoms with van der Waals surface area (Å²) in [6, 6.07) is 28.9. The Hall–Kier alpha value is -2.98. The van der Waals surface area contributed by atoms with Crippen LogP contribution in [0.5, 0.6) is 5.75 Å². The van der Waals surface area contributed by atoms with Crippen LogP contribution in [0.25, 0.3) is 21.7 Å². The first-order valence-electron chi connectivity index (χ1n) is 10.9. The van der Waals surface area contributed by atoms with E-state index in [4.69, 9.17) is 16.3 Å². The van der Waals surface area contributed by atoms with E-state index in [1.165, 1.54) is 32.8 Å². The highest BCUT2D eigenvalue weighted by atomic mass is 35.5. The van der Waals surface area contributed by atoms with Crippen molar-refractivity contribution in [3.8, 4) is 5.75 Å². The number of benzene rings is 4. The van der Waals surface area contributed by atoms with Crippen molar-refractivity contribution in [1.82, 2.24) is 10.3 Å². The molecule has 2 N–H and O–H groups in total. The van der Waals surface area contributed by atoms with Crippen molar-refractivity contribution in [1.29, 1.82) is 0 Å². The molecule has 0 saturated carbocycles. The Kier molecular flexibility index (Phi) is 7.56. The van der Waals surface area contributed by atoms with Crippen molar-refractivity contribution in [2.24, 2.45) is 0 Å². The molecule has 0 fully saturated rings. The number of hydrogen-bond donors (Lipinski definition) is 2. The predicted molar refractivity (Wildman–Crippen MR) is 141 cm³/mol. The normalized spacial score (nSPS) is 10.9. The first-order chi connectivity index (χ1) is 15.8. The van der Waals surface area contributed by atoms with Gasteiger partial charge < -0.3 is 15.0 Å². The minimum atomic E-state index is 0. The van der Waals surface area contributed by atoms with Gasteiger partial charge in [0.25, 0.3) is 0 Å². The van der Waals surface area contributed by atoms with E-state index in [1.807, 2.05) is 24.3 Å². The summed E-state index contributed by atoms with van der Waals surface area (Å²) in [6.07, 6.45) is 3.08. The fraction of sp³-hybridized carbons (Fsp3) is 0.143. The van der Waals surface area contributed by atoms with Crippen molar-refractivity contribution in [3.63, 3.8) is 0 Å². The summed E-state index contributed by atoms with van der Waals surface area (Å²) < 4.78 is 6.24. The molecule has 33 heavy (non-hydrogen) atoms. The number of nitrogens with one attached hydrogen (secondary N) is 2. The van der Waals surface area contributed by atoms with Gasteiger partial charge in [-0.25, -0.2) is 0 Å². The maximum Gasteiger partial charge on any atom is 0.124 e. The molecule has 168 valence electrons. The predicted octanol–water partition coefficient (Wildman–Crippen LogP) is 7.31. The summed E-state index contributed by atoms with van der Waals surface area (Å²) in [6.45, 7) is 2.15. The lowest BCUT2D eigenvalue weighted by Crippen LogP contribution is -2.17. The van der Waals surface area contributed by atoms with E-state index in [0.29, 0.717) is 6.61 Å². The molecule has 0 aliphatic rings. The molecule has 0 bridgehead atoms. The Morgan fingerprint density at radius 3 is 2.42 bits per heavy atom. The maximum atomic E-state index is 6.24. The van der Waals surface area contributed by atoms with Gasteiger partial charge in [0.2, 0.25) is 0 Å². The van der Waals surface area contributed by atoms with Crippen LogP contribution in [0.1, 0.15) is 16.7 Å². The van der Waals surface area contributed by atoms with Gasteiger partial charge in [0, 0.05) is 34.2 Å². The van der Waals surface area contributed by atoms with Crippen LogP contribution in [-0.4, -0.2) is 11.5 Å². The SMILES string of the molecule is Cl.Clc1ccc(COc2ccc3ccccc3c2CNCCc2c[nH]c3ccccc23)cc1. The van der Waals surface area contributed by atoms with E-state index in [2.05, 4.69) is 77.2 Å². The smallest absolute Gasteiger partial charge is 0.124 e. The number of halogens is 2. The van der Waals surface area contributed by atoms with Crippen molar-refractivity contribution >= 4 is 45.7 Å². The van der Waals surface area contributed by atoms with Gasteiger partial charge in [0.05, 0.1) is 0 Å². The fourth-order valence-electron chi connectivity index (χ4n) is 4.15. The lowest BCUT2D eigenvalue weighted by molar-refractivity contribution is 0.303. The van der Waals surface area contributed by atoms with Crippen LogP contribution in [0, 0.1) is 0 Å². The Morgan fingerprint density at radius 2 is 1.58 bits per heavy atom. The van der Waals surface area contributed by atoms with E-state index >= 15 is 0 Å². The molecule has 1 aromatic heterocycles. The molecule has 5 aromatic rings. The number of fused-ring (bicyclic) bond motifs is 2. The number of aromatic nitrogens is 1. The number of hydrogen-bond acceptors (Lipinski definition) is 2. The van der Waals surface area contributed by atoms with E-state index in [1.54, 1.807) is 0 Å². The monoisotopic (exact) mass is 476 g/mol. The third-order valence-corrected chi connectivity index (χ3v) is 6.10. The first kappa shape index (κ1) is 23.2. The molecule has 4 aromatic carbocycles. The second kappa shape index (κ2) is 10.8. The molecular weight excluding hydrogens is 451 g/mol. The van der Waals surface area contributed by atoms with E-state index in [-0.39, 0.29) is 12.4 Å². The second-order valence-electron chi connectivity index (χ2n) is 7.96. The standard InChI is InChI=1S/C28H25ClN2O.ClH/c29-23-12-9-20(10-13-23)19-32-28-14-11-21-5-1-2-6-24(21)26(28)18-30-16-15-22-17-31-27-8-4-3-7-25(22)27;/h1-14,17,30-31H,15-16,18-19H2;1H. The molecule has 0 radical (unpaired) electrons. The number of ether oxygens (including phenoxy) is 1. The molecule has 0 spiro atoms. The molecule has 0 unspecified atom stereocenters. The van der Waals surface area contributed by atoms with Crippen LogP contribution in [0.15, 0.2) is 91.1 Å². The summed E-state index contributed by atoms with van der Waals surface area (Å²) in [5, 5.41) is 8.11. The lowest BCUT2D eigenvalue weighted by atomic mass is 10.0. The molecular formula is C28H26Cl2N2O. The van der Waals surface area contributed by atoms with E-state index in [0.717, 1.165) is 35.8 Å². The van der Waals surface area contributed by atoms with Crippen LogP contribution in [0.3, 0.4) is 0 Å². The summed E-state index contributed by atoms with van der Waals surface area (Å²) in [7, 11) is 0. The lowest BCUT2D eigenvalue weighted by Gasteiger charge is -2.15. The average Bonchev–Trinajstić information content (AvgIpc) is 3.25. The average molecular weight is 477 g/mol. The number of H-pyrrole nitrogens is 1. The summed E-state index contributed by atoms with van der Waals surface area (Å²) in [5.74, 6) is 0.915. The molecule has 0 aliphatic carbocycles. The summed E-state index contributed by atoms with van der Waals surface area (Å²) in [4.78, 5) is 3.36. The number of aromatic amines is 1. The van der Waals surface area contributed by atoms with Crippen LogP contribution in [0.4, 0.5) is 0 Å². The Balaban J connectivity index is 0.00000259. The third-order valence-electron chi connectivity index (χ3n) is 5.85. The zero-order valence-corrected chi connectivity index (χ0v) is 19.8. The maximum absolute atomic E-state index is 6.24. The van der Waals surface area contributed by atoms with E-state index in [9.17, 15) is 0 Å². The molecule has 0 amide bonds. The highest BCUT2D eigenvalue weighted by Crippen LogP contribution is 2.29. The molecule has 5 rings (SSSR count). The van der Waals surface area contributed by atoms with Gasteiger partial charge >= 0.3 is 0 Å². The van der Waals surface area contributed by atoms with Crippen molar-refractivity contribution in [2.45, 2.75) is 19.6 Å². The molecule has 1 heterocycles. The minimum absolute atomic E-state index is 0.